The molecular formula is C16H19N5S2. The van der Waals surface area contributed by atoms with Crippen LogP contribution in [-0.4, -0.2) is 25.2 Å². The highest BCUT2D eigenvalue weighted by Gasteiger charge is 2.12. The van der Waals surface area contributed by atoms with Crippen molar-refractivity contribution in [3.63, 3.8) is 0 Å². The van der Waals surface area contributed by atoms with Gasteiger partial charge in [-0.1, -0.05) is 31.7 Å². The first-order valence-electron chi connectivity index (χ1n) is 7.47. The first-order chi connectivity index (χ1) is 11.0. The average Bonchev–Trinajstić information content (AvgIpc) is 3.16. The lowest BCUT2D eigenvalue weighted by atomic mass is 10.1. The number of hydrogen-bond acceptors (Lipinski definition) is 6. The summed E-state index contributed by atoms with van der Waals surface area (Å²) in [6.45, 7) is 8.52. The molecule has 0 radical (unpaired) electrons. The van der Waals surface area contributed by atoms with Crippen LogP contribution in [0.25, 0.3) is 5.69 Å². The van der Waals surface area contributed by atoms with Crippen molar-refractivity contribution < 1.29 is 0 Å². The van der Waals surface area contributed by atoms with Gasteiger partial charge in [-0.2, -0.15) is 4.68 Å². The molecule has 2 heterocycles. The molecule has 0 saturated carbocycles. The van der Waals surface area contributed by atoms with E-state index < -0.39 is 0 Å². The van der Waals surface area contributed by atoms with Gasteiger partial charge in [0.25, 0.3) is 0 Å². The van der Waals surface area contributed by atoms with Crippen LogP contribution in [0.15, 0.2) is 28.7 Å². The number of thioether (sulfide) groups is 1. The van der Waals surface area contributed by atoms with Crippen molar-refractivity contribution in [2.75, 3.05) is 0 Å². The van der Waals surface area contributed by atoms with Crippen LogP contribution in [0.2, 0.25) is 0 Å². The highest BCUT2D eigenvalue weighted by atomic mass is 32.2. The van der Waals surface area contributed by atoms with Gasteiger partial charge >= 0.3 is 0 Å². The van der Waals surface area contributed by atoms with Gasteiger partial charge in [0.2, 0.25) is 5.16 Å². The Labute approximate surface area is 144 Å². The summed E-state index contributed by atoms with van der Waals surface area (Å²) in [7, 11) is 0. The molecule has 0 unspecified atom stereocenters. The molecule has 0 aliphatic heterocycles. The largest absolute Gasteiger partial charge is 0.245 e. The predicted molar refractivity (Wildman–Crippen MR) is 94.4 cm³/mol. The van der Waals surface area contributed by atoms with Crippen molar-refractivity contribution in [2.45, 2.75) is 44.5 Å². The van der Waals surface area contributed by atoms with E-state index in [0.29, 0.717) is 5.92 Å². The molecule has 0 N–H and O–H groups in total. The maximum atomic E-state index is 4.66. The normalized spacial score (nSPS) is 11.3. The zero-order valence-electron chi connectivity index (χ0n) is 13.6. The third kappa shape index (κ3) is 3.61. The summed E-state index contributed by atoms with van der Waals surface area (Å²) in [6, 6.07) is 6.24. The average molecular weight is 345 g/mol. The van der Waals surface area contributed by atoms with Gasteiger partial charge in [-0.15, -0.1) is 16.4 Å². The van der Waals surface area contributed by atoms with Crippen molar-refractivity contribution in [1.82, 2.24) is 25.2 Å². The van der Waals surface area contributed by atoms with Crippen LogP contribution < -0.4 is 0 Å². The number of aryl methyl sites for hydroxylation is 2. The summed E-state index contributed by atoms with van der Waals surface area (Å²) in [5.41, 5.74) is 4.56. The van der Waals surface area contributed by atoms with Gasteiger partial charge in [0.05, 0.1) is 16.4 Å². The fourth-order valence-electron chi connectivity index (χ4n) is 2.08. The van der Waals surface area contributed by atoms with E-state index in [-0.39, 0.29) is 0 Å². The number of rotatable bonds is 5. The highest BCUT2D eigenvalue weighted by molar-refractivity contribution is 7.98. The molecule has 0 spiro atoms. The Balaban J connectivity index is 1.76. The molecule has 1 aromatic carbocycles. The van der Waals surface area contributed by atoms with Gasteiger partial charge in [0, 0.05) is 17.1 Å². The van der Waals surface area contributed by atoms with E-state index in [4.69, 9.17) is 0 Å². The Hall–Kier alpha value is -1.73. The second-order valence-corrected chi connectivity index (χ2v) is 7.59. The maximum absolute atomic E-state index is 4.66. The third-order valence-corrected chi connectivity index (χ3v) is 5.74. The van der Waals surface area contributed by atoms with Crippen molar-refractivity contribution in [3.05, 3.63) is 45.4 Å². The summed E-state index contributed by atoms with van der Waals surface area (Å²) in [4.78, 5) is 4.66. The summed E-state index contributed by atoms with van der Waals surface area (Å²) >= 11 is 3.32. The topological polar surface area (TPSA) is 56.5 Å². The number of nitrogens with zero attached hydrogens (tertiary/aromatic N) is 5. The molecule has 0 bridgehead atoms. The van der Waals surface area contributed by atoms with Gasteiger partial charge in [0.1, 0.15) is 0 Å². The van der Waals surface area contributed by atoms with Crippen LogP contribution in [0.5, 0.6) is 0 Å². The molecule has 7 heteroatoms. The number of benzene rings is 1. The molecule has 0 saturated heterocycles. The summed E-state index contributed by atoms with van der Waals surface area (Å²) in [6.07, 6.45) is 0. The molecule has 3 rings (SSSR count). The Bertz CT molecular complexity index is 806. The van der Waals surface area contributed by atoms with Crippen LogP contribution in [-0.2, 0) is 5.75 Å². The zero-order chi connectivity index (χ0) is 16.4. The molecule has 0 aliphatic carbocycles. The predicted octanol–water partition coefficient (Wildman–Crippen LogP) is 4.15. The first-order valence-corrected chi connectivity index (χ1v) is 9.34. The van der Waals surface area contributed by atoms with Gasteiger partial charge in [-0.3, -0.25) is 0 Å². The van der Waals surface area contributed by atoms with Crippen LogP contribution >= 0.6 is 23.1 Å². The van der Waals surface area contributed by atoms with Crippen LogP contribution in [0.4, 0.5) is 0 Å². The lowest BCUT2D eigenvalue weighted by molar-refractivity contribution is 0.755. The van der Waals surface area contributed by atoms with Gasteiger partial charge in [0.15, 0.2) is 0 Å². The van der Waals surface area contributed by atoms with E-state index in [1.807, 2.05) is 6.07 Å². The molecule has 2 aromatic heterocycles. The van der Waals surface area contributed by atoms with Crippen LogP contribution in [0.3, 0.4) is 0 Å². The molecule has 120 valence electrons. The van der Waals surface area contributed by atoms with E-state index in [9.17, 15) is 0 Å². The van der Waals surface area contributed by atoms with E-state index in [1.54, 1.807) is 27.8 Å². The third-order valence-electron chi connectivity index (χ3n) is 3.59. The zero-order valence-corrected chi connectivity index (χ0v) is 15.3. The highest BCUT2D eigenvalue weighted by Crippen LogP contribution is 2.26. The SMILES string of the molecule is Cc1ccc(-n2nnnc2SCc2csc(C(C)C)n2)cc1C. The summed E-state index contributed by atoms with van der Waals surface area (Å²) in [5.74, 6) is 1.24. The van der Waals surface area contributed by atoms with Gasteiger partial charge in [-0.05, 0) is 47.5 Å². The molecular weight excluding hydrogens is 326 g/mol. The standard InChI is InChI=1S/C16H19N5S2/c1-10(2)15-17-13(8-22-15)9-23-16-18-19-20-21(16)14-6-5-11(3)12(4)7-14/h5-8,10H,9H2,1-4H3. The van der Waals surface area contributed by atoms with Crippen molar-refractivity contribution >= 4 is 23.1 Å². The van der Waals surface area contributed by atoms with Gasteiger partial charge in [-0.25, -0.2) is 4.98 Å². The number of tetrazole rings is 1. The Morgan fingerprint density at radius 2 is 2.04 bits per heavy atom. The molecule has 5 nitrogen and oxygen atoms in total. The molecule has 0 fully saturated rings. The molecule has 23 heavy (non-hydrogen) atoms. The van der Waals surface area contributed by atoms with Crippen molar-refractivity contribution in [2.24, 2.45) is 0 Å². The summed E-state index contributed by atoms with van der Waals surface area (Å²) < 4.78 is 1.78. The Morgan fingerprint density at radius 3 is 2.74 bits per heavy atom. The number of hydrogen-bond donors (Lipinski definition) is 0. The minimum atomic E-state index is 0.472. The van der Waals surface area contributed by atoms with Gasteiger partial charge < -0.3 is 0 Å². The van der Waals surface area contributed by atoms with E-state index in [1.165, 1.54) is 16.1 Å². The van der Waals surface area contributed by atoms with E-state index in [0.717, 1.165) is 22.3 Å². The lowest BCUT2D eigenvalue weighted by Crippen LogP contribution is -2.00. The quantitative estimate of drug-likeness (QED) is 0.650. The number of aromatic nitrogens is 5. The van der Waals surface area contributed by atoms with Crippen molar-refractivity contribution in [3.8, 4) is 5.69 Å². The van der Waals surface area contributed by atoms with Crippen molar-refractivity contribution in [1.29, 1.82) is 0 Å². The minimum absolute atomic E-state index is 0.472. The minimum Gasteiger partial charge on any atom is -0.245 e. The molecule has 0 amide bonds. The second kappa shape index (κ2) is 6.80. The molecule has 0 aliphatic rings. The van der Waals surface area contributed by atoms with Crippen LogP contribution in [0, 0.1) is 13.8 Å². The molecule has 0 atom stereocenters. The lowest BCUT2D eigenvalue weighted by Gasteiger charge is -2.06. The monoisotopic (exact) mass is 345 g/mol. The Morgan fingerprint density at radius 1 is 1.22 bits per heavy atom. The fraction of sp³-hybridized carbons (Fsp3) is 0.375. The molecule has 3 aromatic rings. The fourth-order valence-corrected chi connectivity index (χ4v) is 3.80. The van der Waals surface area contributed by atoms with Crippen LogP contribution in [0.1, 0.15) is 41.6 Å². The maximum Gasteiger partial charge on any atom is 0.214 e. The Kier molecular flexibility index (Phi) is 4.77. The number of thiazole rings is 1. The first kappa shape index (κ1) is 16.1. The van der Waals surface area contributed by atoms with E-state index >= 15 is 0 Å². The smallest absolute Gasteiger partial charge is 0.214 e. The summed E-state index contributed by atoms with van der Waals surface area (Å²) in [5, 5.41) is 16.2. The second-order valence-electron chi connectivity index (χ2n) is 5.76. The van der Waals surface area contributed by atoms with E-state index in [2.05, 4.69) is 65.7 Å².